The topological polar surface area (TPSA) is 59.0 Å². The Morgan fingerprint density at radius 2 is 1.38 bits per heavy atom. The molecule has 0 bridgehead atoms. The first-order valence-corrected chi connectivity index (χ1v) is 11.2. The van der Waals surface area contributed by atoms with Gasteiger partial charge in [-0.1, -0.05) is 29.4 Å². The maximum atomic E-state index is 13.3. The number of halogens is 2. The molecule has 0 radical (unpaired) electrons. The molecule has 2 aliphatic rings. The number of benzene rings is 2. The molecule has 29 heavy (non-hydrogen) atoms. The van der Waals surface area contributed by atoms with E-state index in [0.717, 1.165) is 18.6 Å². The van der Waals surface area contributed by atoms with E-state index in [4.69, 9.17) is 4.84 Å². The summed E-state index contributed by atoms with van der Waals surface area (Å²) in [5.74, 6) is -0.718. The van der Waals surface area contributed by atoms with Crippen LogP contribution in [0.25, 0.3) is 0 Å². The second-order valence-electron chi connectivity index (χ2n) is 7.39. The Labute approximate surface area is 169 Å². The zero-order valence-electron chi connectivity index (χ0n) is 15.8. The Bertz CT molecular complexity index is 932. The first kappa shape index (κ1) is 20.0. The standard InChI is InChI=1S/C21H22F2N2O3S/c22-17-5-1-15(2-6-17)21(16-3-7-18(23)8-4-16)28-24-19-11-13-25(14-12-19)29(26,27)20-9-10-20/h1-8,20-21H,9-14H2. The van der Waals surface area contributed by atoms with E-state index in [2.05, 4.69) is 5.16 Å². The molecule has 2 aromatic carbocycles. The molecule has 1 saturated carbocycles. The largest absolute Gasteiger partial charge is 0.383 e. The van der Waals surface area contributed by atoms with Gasteiger partial charge >= 0.3 is 0 Å². The van der Waals surface area contributed by atoms with Crippen LogP contribution in [0, 0.1) is 11.6 Å². The summed E-state index contributed by atoms with van der Waals surface area (Å²) in [6, 6.07) is 11.8. The quantitative estimate of drug-likeness (QED) is 0.664. The molecule has 0 amide bonds. The van der Waals surface area contributed by atoms with Crippen molar-refractivity contribution in [2.45, 2.75) is 37.0 Å². The van der Waals surface area contributed by atoms with E-state index in [1.165, 1.54) is 24.3 Å². The number of hydrogen-bond donors (Lipinski definition) is 0. The minimum Gasteiger partial charge on any atom is -0.383 e. The van der Waals surface area contributed by atoms with E-state index in [1.54, 1.807) is 28.6 Å². The van der Waals surface area contributed by atoms with Gasteiger partial charge < -0.3 is 4.84 Å². The Hall–Kier alpha value is -2.32. The Morgan fingerprint density at radius 1 is 0.897 bits per heavy atom. The van der Waals surface area contributed by atoms with Crippen molar-refractivity contribution in [3.63, 3.8) is 0 Å². The molecule has 0 spiro atoms. The van der Waals surface area contributed by atoms with Crippen LogP contribution in [0.4, 0.5) is 8.78 Å². The molecular weight excluding hydrogens is 398 g/mol. The van der Waals surface area contributed by atoms with Crippen LogP contribution in [-0.4, -0.2) is 36.8 Å². The molecule has 1 aliphatic heterocycles. The fourth-order valence-electron chi connectivity index (χ4n) is 3.38. The monoisotopic (exact) mass is 420 g/mol. The first-order valence-electron chi connectivity index (χ1n) is 9.65. The predicted octanol–water partition coefficient (Wildman–Crippen LogP) is 4.01. The lowest BCUT2D eigenvalue weighted by atomic mass is 10.0. The lowest BCUT2D eigenvalue weighted by Crippen LogP contribution is -2.40. The number of sulfonamides is 1. The van der Waals surface area contributed by atoms with E-state index in [-0.39, 0.29) is 16.9 Å². The smallest absolute Gasteiger partial charge is 0.217 e. The molecule has 1 heterocycles. The SMILES string of the molecule is O=S(=O)(C1CC1)N1CCC(=NOC(c2ccc(F)cc2)c2ccc(F)cc2)CC1. The maximum absolute atomic E-state index is 13.3. The third-order valence-electron chi connectivity index (χ3n) is 5.24. The van der Waals surface area contributed by atoms with Gasteiger partial charge in [-0.15, -0.1) is 0 Å². The zero-order valence-corrected chi connectivity index (χ0v) is 16.6. The molecule has 0 atom stereocenters. The summed E-state index contributed by atoms with van der Waals surface area (Å²) in [5, 5.41) is 4.06. The summed E-state index contributed by atoms with van der Waals surface area (Å²) in [5.41, 5.74) is 2.16. The summed E-state index contributed by atoms with van der Waals surface area (Å²) in [6.45, 7) is 0.803. The van der Waals surface area contributed by atoms with Crippen molar-refractivity contribution >= 4 is 15.7 Å². The summed E-state index contributed by atoms with van der Waals surface area (Å²) in [7, 11) is -3.17. The minimum atomic E-state index is -3.17. The summed E-state index contributed by atoms with van der Waals surface area (Å²) in [4.78, 5) is 5.79. The molecule has 8 heteroatoms. The number of hydrogen-bond acceptors (Lipinski definition) is 4. The fourth-order valence-corrected chi connectivity index (χ4v) is 5.23. The van der Waals surface area contributed by atoms with Crippen LogP contribution in [0.3, 0.4) is 0 Å². The number of piperidine rings is 1. The molecule has 1 aliphatic carbocycles. The van der Waals surface area contributed by atoms with Crippen LogP contribution >= 0.6 is 0 Å². The van der Waals surface area contributed by atoms with Crippen LogP contribution in [0.2, 0.25) is 0 Å². The van der Waals surface area contributed by atoms with Gasteiger partial charge in [0.25, 0.3) is 0 Å². The Kier molecular flexibility index (Phi) is 5.65. The first-order chi connectivity index (χ1) is 13.9. The summed E-state index contributed by atoms with van der Waals surface area (Å²) < 4.78 is 52.8. The Balaban J connectivity index is 1.48. The van der Waals surface area contributed by atoms with Crippen LogP contribution in [-0.2, 0) is 14.9 Å². The van der Waals surface area contributed by atoms with Gasteiger partial charge in [0.1, 0.15) is 11.6 Å². The second kappa shape index (κ2) is 8.20. The fraction of sp³-hybridized carbons (Fsp3) is 0.381. The molecular formula is C21H22F2N2O3S. The van der Waals surface area contributed by atoms with Crippen LogP contribution in [0.15, 0.2) is 53.7 Å². The minimum absolute atomic E-state index is 0.210. The highest BCUT2D eigenvalue weighted by atomic mass is 32.2. The van der Waals surface area contributed by atoms with Crippen molar-refractivity contribution in [3.8, 4) is 0 Å². The second-order valence-corrected chi connectivity index (χ2v) is 9.60. The van der Waals surface area contributed by atoms with Crippen molar-refractivity contribution in [1.29, 1.82) is 0 Å². The highest BCUT2D eigenvalue weighted by Gasteiger charge is 2.40. The average Bonchev–Trinajstić information content (AvgIpc) is 3.57. The van der Waals surface area contributed by atoms with E-state index in [1.807, 2.05) is 0 Å². The van der Waals surface area contributed by atoms with E-state index >= 15 is 0 Å². The molecule has 1 saturated heterocycles. The van der Waals surface area contributed by atoms with Gasteiger partial charge in [-0.25, -0.2) is 21.5 Å². The number of rotatable bonds is 6. The lowest BCUT2D eigenvalue weighted by molar-refractivity contribution is 0.0855. The third-order valence-corrected chi connectivity index (χ3v) is 7.64. The van der Waals surface area contributed by atoms with Crippen molar-refractivity contribution in [2.24, 2.45) is 5.16 Å². The summed E-state index contributed by atoms with van der Waals surface area (Å²) in [6.07, 6.45) is 1.90. The van der Waals surface area contributed by atoms with Crippen molar-refractivity contribution in [3.05, 3.63) is 71.3 Å². The molecule has 2 aromatic rings. The third kappa shape index (κ3) is 4.64. The van der Waals surface area contributed by atoms with E-state index in [0.29, 0.717) is 37.1 Å². The van der Waals surface area contributed by atoms with Crippen LogP contribution < -0.4 is 0 Å². The molecule has 2 fully saturated rings. The van der Waals surface area contributed by atoms with Gasteiger partial charge in [-0.3, -0.25) is 0 Å². The molecule has 0 N–H and O–H groups in total. The molecule has 154 valence electrons. The zero-order chi connectivity index (χ0) is 20.4. The van der Waals surface area contributed by atoms with Crippen molar-refractivity contribution < 1.29 is 22.0 Å². The number of oxime groups is 1. The van der Waals surface area contributed by atoms with Gasteiger partial charge in [0.2, 0.25) is 10.0 Å². The molecule has 4 rings (SSSR count). The van der Waals surface area contributed by atoms with E-state index < -0.39 is 16.1 Å². The molecule has 0 unspecified atom stereocenters. The van der Waals surface area contributed by atoms with Gasteiger partial charge in [-0.2, -0.15) is 0 Å². The van der Waals surface area contributed by atoms with Crippen LogP contribution in [0.5, 0.6) is 0 Å². The Morgan fingerprint density at radius 3 is 1.83 bits per heavy atom. The van der Waals surface area contributed by atoms with Gasteiger partial charge in [-0.05, 0) is 48.2 Å². The maximum Gasteiger partial charge on any atom is 0.217 e. The summed E-state index contributed by atoms with van der Waals surface area (Å²) >= 11 is 0. The van der Waals surface area contributed by atoms with Gasteiger partial charge in [0, 0.05) is 25.9 Å². The van der Waals surface area contributed by atoms with Crippen LogP contribution in [0.1, 0.15) is 42.9 Å². The highest BCUT2D eigenvalue weighted by Crippen LogP contribution is 2.32. The normalized spacial score (nSPS) is 18.1. The van der Waals surface area contributed by atoms with Crippen molar-refractivity contribution in [2.75, 3.05) is 13.1 Å². The molecule has 5 nitrogen and oxygen atoms in total. The highest BCUT2D eigenvalue weighted by molar-refractivity contribution is 7.90. The van der Waals surface area contributed by atoms with Gasteiger partial charge in [0.05, 0.1) is 11.0 Å². The lowest BCUT2D eigenvalue weighted by Gasteiger charge is -2.27. The van der Waals surface area contributed by atoms with E-state index in [9.17, 15) is 17.2 Å². The molecule has 0 aromatic heterocycles. The van der Waals surface area contributed by atoms with Crippen molar-refractivity contribution in [1.82, 2.24) is 4.31 Å². The van der Waals surface area contributed by atoms with Gasteiger partial charge in [0.15, 0.2) is 6.10 Å². The predicted molar refractivity (Wildman–Crippen MR) is 106 cm³/mol. The average molecular weight is 420 g/mol. The number of nitrogens with zero attached hydrogens (tertiary/aromatic N) is 2.